The molecule has 3 N–H and O–H groups in total. The van der Waals surface area contributed by atoms with E-state index in [1.165, 1.54) is 0 Å². The number of carbonyl (C=O) groups excluding carboxylic acids is 4. The highest BCUT2D eigenvalue weighted by Gasteiger charge is 2.85. The second-order valence-corrected chi connectivity index (χ2v) is 11.9. The lowest BCUT2D eigenvalue weighted by atomic mass is 9.38. The third-order valence-electron chi connectivity index (χ3n) is 9.67. The lowest BCUT2D eigenvalue weighted by molar-refractivity contribution is -0.290. The minimum absolute atomic E-state index is 0.00513. The molecule has 3 aliphatic carbocycles. The highest BCUT2D eigenvalue weighted by atomic mass is 16.6. The van der Waals surface area contributed by atoms with Crippen LogP contribution in [0.4, 0.5) is 0 Å². The Kier molecular flexibility index (Phi) is 5.82. The van der Waals surface area contributed by atoms with Crippen LogP contribution >= 0.6 is 0 Å². The van der Waals surface area contributed by atoms with Gasteiger partial charge in [0.2, 0.25) is 11.7 Å². The summed E-state index contributed by atoms with van der Waals surface area (Å²) in [5, 5.41) is 33.6. The minimum Gasteiger partial charge on any atom is -0.504 e. The Morgan fingerprint density at radius 2 is 1.86 bits per heavy atom. The van der Waals surface area contributed by atoms with Crippen LogP contribution in [0.25, 0.3) is 0 Å². The van der Waals surface area contributed by atoms with Gasteiger partial charge >= 0.3 is 17.9 Å². The monoisotopic (exact) mass is 522 g/mol. The molecular weight excluding hydrogens is 488 g/mol. The molecule has 0 aromatic carbocycles. The first-order chi connectivity index (χ1) is 17.3. The van der Waals surface area contributed by atoms with Crippen molar-refractivity contribution < 1.29 is 53.4 Å². The average molecular weight is 523 g/mol. The van der Waals surface area contributed by atoms with Crippen molar-refractivity contribution >= 4 is 23.7 Å². The van der Waals surface area contributed by atoms with Crippen molar-refractivity contribution in [1.29, 1.82) is 0 Å². The van der Waals surface area contributed by atoms with E-state index in [1.54, 1.807) is 13.8 Å². The number of aliphatic hydroxyl groups excluding tert-OH is 3. The molecular formula is C26H34O11. The van der Waals surface area contributed by atoms with Crippen LogP contribution in [0.2, 0.25) is 0 Å². The molecule has 0 radical (unpaired) electrons. The number of hydrogen-bond acceptors (Lipinski definition) is 11. The first kappa shape index (κ1) is 26.1. The zero-order chi connectivity index (χ0) is 27.2. The van der Waals surface area contributed by atoms with Gasteiger partial charge < -0.3 is 34.3 Å². The third kappa shape index (κ3) is 3.10. The summed E-state index contributed by atoms with van der Waals surface area (Å²) in [6, 6.07) is 0. The molecule has 204 valence electrons. The Morgan fingerprint density at radius 1 is 1.19 bits per heavy atom. The third-order valence-corrected chi connectivity index (χ3v) is 9.67. The molecule has 2 bridgehead atoms. The number of ether oxygens (including phenoxy) is 4. The predicted molar refractivity (Wildman–Crippen MR) is 123 cm³/mol. The van der Waals surface area contributed by atoms with E-state index < -0.39 is 82.3 Å². The highest BCUT2D eigenvalue weighted by molar-refractivity contribution is 5.95. The van der Waals surface area contributed by atoms with Crippen molar-refractivity contribution in [1.82, 2.24) is 0 Å². The van der Waals surface area contributed by atoms with Gasteiger partial charge in [0.05, 0.1) is 25.7 Å². The zero-order valence-corrected chi connectivity index (χ0v) is 21.6. The van der Waals surface area contributed by atoms with Crippen LogP contribution in [0, 0.1) is 34.5 Å². The van der Waals surface area contributed by atoms with Crippen molar-refractivity contribution in [2.24, 2.45) is 34.5 Å². The van der Waals surface area contributed by atoms with Gasteiger partial charge in [-0.15, -0.1) is 0 Å². The van der Waals surface area contributed by atoms with Crippen LogP contribution in [0.5, 0.6) is 0 Å². The fraction of sp³-hybridized carbons (Fsp3) is 0.769. The van der Waals surface area contributed by atoms with Crippen molar-refractivity contribution in [3.05, 3.63) is 11.3 Å². The average Bonchev–Trinajstić information content (AvgIpc) is 3.12. The van der Waals surface area contributed by atoms with Gasteiger partial charge in [0, 0.05) is 24.2 Å². The summed E-state index contributed by atoms with van der Waals surface area (Å²) in [6.07, 6.45) is -5.87. The molecule has 11 nitrogen and oxygen atoms in total. The Labute approximate surface area is 214 Å². The molecule has 11 heteroatoms. The van der Waals surface area contributed by atoms with Crippen LogP contribution in [0.15, 0.2) is 11.3 Å². The van der Waals surface area contributed by atoms with E-state index in [-0.39, 0.29) is 37.5 Å². The van der Waals surface area contributed by atoms with Crippen molar-refractivity contribution in [2.75, 3.05) is 13.7 Å². The number of carbonyl (C=O) groups is 4. The summed E-state index contributed by atoms with van der Waals surface area (Å²) in [6.45, 7) is 6.84. The van der Waals surface area contributed by atoms with Gasteiger partial charge in [-0.25, -0.2) is 9.59 Å². The Balaban J connectivity index is 1.72. The van der Waals surface area contributed by atoms with Crippen molar-refractivity contribution in [2.45, 2.75) is 77.0 Å². The summed E-state index contributed by atoms with van der Waals surface area (Å²) in [5.41, 5.74) is -4.05. The van der Waals surface area contributed by atoms with E-state index in [4.69, 9.17) is 18.9 Å². The number of Topliss-reactive ketones (excluding diaryl/α,β-unsaturated/α-hetero) is 1. The molecule has 4 fully saturated rings. The topological polar surface area (TPSA) is 166 Å². The van der Waals surface area contributed by atoms with Gasteiger partial charge in [-0.05, 0) is 36.2 Å². The van der Waals surface area contributed by atoms with Crippen molar-refractivity contribution in [3.63, 3.8) is 0 Å². The standard InChI is InChI=1S/C26H34O11/c1-10(2)6-15(28)37-18-20-25-9-35-26(20,23(33)34-5)21(31)17(30)19(25)24(4)8-13(27)16(29)11(3)12(24)7-14(25)36-22(18)32/h10,12,14,17-21,29-31H,6-9H2,1-5H3/t12-,14+,17-,18-,19+,20+,21+,24+,25-,26+/m1/s1. The Bertz CT molecular complexity index is 1100. The molecule has 0 aromatic heterocycles. The first-order valence-electron chi connectivity index (χ1n) is 12.7. The lowest BCUT2D eigenvalue weighted by Gasteiger charge is -2.67. The summed E-state index contributed by atoms with van der Waals surface area (Å²) < 4.78 is 22.6. The Hall–Kier alpha value is -2.50. The number of rotatable bonds is 4. The second kappa shape index (κ2) is 8.25. The molecule has 2 saturated carbocycles. The molecule has 2 aliphatic heterocycles. The Morgan fingerprint density at radius 3 is 2.49 bits per heavy atom. The number of allylic oxidation sites excluding steroid dienone is 2. The molecule has 2 saturated heterocycles. The largest absolute Gasteiger partial charge is 0.504 e. The molecule has 10 atom stereocenters. The highest BCUT2D eigenvalue weighted by Crippen LogP contribution is 2.72. The van der Waals surface area contributed by atoms with Crippen LogP contribution in [-0.4, -0.2) is 82.7 Å². The fourth-order valence-corrected chi connectivity index (χ4v) is 8.38. The quantitative estimate of drug-likeness (QED) is 0.349. The van der Waals surface area contributed by atoms with E-state index in [1.807, 2.05) is 13.8 Å². The molecule has 0 unspecified atom stereocenters. The molecule has 0 aromatic rings. The maximum Gasteiger partial charge on any atom is 0.348 e. The first-order valence-corrected chi connectivity index (χ1v) is 12.7. The number of aliphatic hydroxyl groups is 3. The molecule has 2 heterocycles. The van der Waals surface area contributed by atoms with Gasteiger partial charge in [-0.2, -0.15) is 0 Å². The van der Waals surface area contributed by atoms with Gasteiger partial charge in [0.25, 0.3) is 0 Å². The lowest BCUT2D eigenvalue weighted by Crippen LogP contribution is -2.79. The van der Waals surface area contributed by atoms with Crippen molar-refractivity contribution in [3.8, 4) is 0 Å². The SMILES string of the molecule is COC(=O)[C@@]12OC[C@@]34[C@H](C[C@@H]5C(C)=C(O)C(=O)C[C@]5(C)[C@@H]3[C@@H](O)[C@@H]1O)OC(=O)[C@H](OC(=O)CC(C)C)[C@H]24. The van der Waals surface area contributed by atoms with Gasteiger partial charge in [0.1, 0.15) is 12.2 Å². The van der Waals surface area contributed by atoms with Gasteiger partial charge in [0.15, 0.2) is 11.5 Å². The van der Waals surface area contributed by atoms with Crippen LogP contribution in [0.3, 0.4) is 0 Å². The van der Waals surface area contributed by atoms with E-state index in [0.717, 1.165) is 7.11 Å². The summed E-state index contributed by atoms with van der Waals surface area (Å²) in [4.78, 5) is 52.3. The molecule has 5 aliphatic rings. The molecule has 37 heavy (non-hydrogen) atoms. The van der Waals surface area contributed by atoms with Gasteiger partial charge in [-0.3, -0.25) is 9.59 Å². The van der Waals surface area contributed by atoms with Gasteiger partial charge in [-0.1, -0.05) is 20.8 Å². The van der Waals surface area contributed by atoms with Crippen LogP contribution in [-0.2, 0) is 38.1 Å². The maximum atomic E-state index is 13.4. The van der Waals surface area contributed by atoms with E-state index in [9.17, 15) is 34.5 Å². The predicted octanol–water partition coefficient (Wildman–Crippen LogP) is 0.597. The number of esters is 3. The number of methoxy groups -OCH3 is 1. The normalized spacial score (nSPS) is 46.2. The number of hydrogen-bond donors (Lipinski definition) is 3. The van der Waals surface area contributed by atoms with Crippen LogP contribution < -0.4 is 0 Å². The minimum atomic E-state index is -2.19. The summed E-state index contributed by atoms with van der Waals surface area (Å²) in [5.74, 6) is -6.09. The molecule has 0 amide bonds. The van der Waals surface area contributed by atoms with E-state index in [2.05, 4.69) is 0 Å². The second-order valence-electron chi connectivity index (χ2n) is 11.9. The fourth-order valence-electron chi connectivity index (χ4n) is 8.38. The smallest absolute Gasteiger partial charge is 0.348 e. The summed E-state index contributed by atoms with van der Waals surface area (Å²) >= 11 is 0. The van der Waals surface area contributed by atoms with E-state index in [0.29, 0.717) is 5.57 Å². The van der Waals surface area contributed by atoms with E-state index >= 15 is 0 Å². The number of fused-ring (bicyclic) bond motifs is 2. The summed E-state index contributed by atoms with van der Waals surface area (Å²) in [7, 11) is 1.10. The number of ketones is 1. The maximum absolute atomic E-state index is 13.4. The zero-order valence-electron chi connectivity index (χ0n) is 21.6. The molecule has 5 rings (SSSR count). The molecule has 1 spiro atoms. The van der Waals surface area contributed by atoms with Crippen LogP contribution in [0.1, 0.15) is 47.0 Å².